The highest BCUT2D eigenvalue weighted by Gasteiger charge is 2.31. The molecule has 0 aliphatic carbocycles. The third-order valence-corrected chi connectivity index (χ3v) is 3.34. The molecule has 8 nitrogen and oxygen atoms in total. The van der Waals surface area contributed by atoms with Crippen molar-refractivity contribution in [2.75, 3.05) is 37.0 Å². The molecule has 2 heterocycles. The first-order valence-electron chi connectivity index (χ1n) is 6.61. The van der Waals surface area contributed by atoms with Crippen molar-refractivity contribution >= 4 is 17.5 Å². The van der Waals surface area contributed by atoms with Crippen molar-refractivity contribution in [1.29, 1.82) is 0 Å². The van der Waals surface area contributed by atoms with Crippen molar-refractivity contribution in [2.45, 2.75) is 26.4 Å². The molecule has 0 amide bonds. The summed E-state index contributed by atoms with van der Waals surface area (Å²) in [5.41, 5.74) is 0.347. The number of ether oxygens (including phenoxy) is 1. The molecular weight excluding hydrogens is 262 g/mol. The Balaban J connectivity index is 2.40. The Morgan fingerprint density at radius 1 is 1.55 bits per heavy atom. The molecule has 1 aliphatic rings. The number of rotatable bonds is 5. The summed E-state index contributed by atoms with van der Waals surface area (Å²) in [6, 6.07) is 0. The van der Waals surface area contributed by atoms with Gasteiger partial charge in [-0.1, -0.05) is 0 Å². The van der Waals surface area contributed by atoms with E-state index in [1.54, 1.807) is 14.0 Å². The van der Waals surface area contributed by atoms with Crippen molar-refractivity contribution in [3.05, 3.63) is 15.8 Å². The van der Waals surface area contributed by atoms with E-state index in [2.05, 4.69) is 15.3 Å². The Bertz CT molecular complexity index is 508. The van der Waals surface area contributed by atoms with E-state index in [1.165, 1.54) is 0 Å². The summed E-state index contributed by atoms with van der Waals surface area (Å²) >= 11 is 0. The molecule has 1 fully saturated rings. The summed E-state index contributed by atoms with van der Waals surface area (Å²) in [7, 11) is 1.65. The van der Waals surface area contributed by atoms with E-state index in [0.29, 0.717) is 37.1 Å². The second-order valence-electron chi connectivity index (χ2n) is 4.68. The van der Waals surface area contributed by atoms with Gasteiger partial charge >= 0.3 is 5.69 Å². The fraction of sp³-hybridized carbons (Fsp3) is 0.667. The van der Waals surface area contributed by atoms with Gasteiger partial charge in [-0.05, 0) is 20.3 Å². The zero-order valence-corrected chi connectivity index (χ0v) is 11.9. The molecule has 8 heteroatoms. The monoisotopic (exact) mass is 281 g/mol. The van der Waals surface area contributed by atoms with Gasteiger partial charge in [0.1, 0.15) is 5.69 Å². The Labute approximate surface area is 117 Å². The third-order valence-electron chi connectivity index (χ3n) is 3.34. The molecule has 110 valence electrons. The van der Waals surface area contributed by atoms with Gasteiger partial charge in [0.25, 0.3) is 0 Å². The molecule has 1 unspecified atom stereocenters. The third kappa shape index (κ3) is 2.79. The smallest absolute Gasteiger partial charge is 0.332 e. The van der Waals surface area contributed by atoms with Gasteiger partial charge in [-0.25, -0.2) is 4.98 Å². The van der Waals surface area contributed by atoms with Crippen LogP contribution < -0.4 is 10.2 Å². The molecule has 20 heavy (non-hydrogen) atoms. The summed E-state index contributed by atoms with van der Waals surface area (Å²) < 4.78 is 5.30. The van der Waals surface area contributed by atoms with Gasteiger partial charge in [-0.3, -0.25) is 10.1 Å². The van der Waals surface area contributed by atoms with Crippen LogP contribution in [0.3, 0.4) is 0 Å². The molecule has 2 rings (SSSR count). The topological polar surface area (TPSA) is 93.4 Å². The molecule has 0 radical (unpaired) electrons. The normalized spacial score (nSPS) is 18.4. The van der Waals surface area contributed by atoms with Crippen LogP contribution >= 0.6 is 0 Å². The molecule has 1 N–H and O–H groups in total. The summed E-state index contributed by atoms with van der Waals surface area (Å²) in [4.78, 5) is 21.2. The van der Waals surface area contributed by atoms with Crippen molar-refractivity contribution in [2.24, 2.45) is 0 Å². The van der Waals surface area contributed by atoms with E-state index in [-0.39, 0.29) is 11.8 Å². The summed E-state index contributed by atoms with van der Waals surface area (Å²) in [6.45, 7) is 5.53. The Morgan fingerprint density at radius 2 is 2.30 bits per heavy atom. The molecule has 0 aromatic carbocycles. The minimum Gasteiger partial charge on any atom is -0.380 e. The lowest BCUT2D eigenvalue weighted by molar-refractivity contribution is -0.385. The number of aromatic nitrogens is 2. The summed E-state index contributed by atoms with van der Waals surface area (Å²) in [5.74, 6) is 0.796. The number of nitro groups is 1. The van der Waals surface area contributed by atoms with Crippen LogP contribution in [0.15, 0.2) is 0 Å². The average molecular weight is 281 g/mol. The molecule has 0 saturated carbocycles. The first-order chi connectivity index (χ1) is 9.56. The average Bonchev–Trinajstić information content (AvgIpc) is 2.86. The second-order valence-corrected chi connectivity index (χ2v) is 4.68. The van der Waals surface area contributed by atoms with Crippen LogP contribution in [-0.2, 0) is 4.74 Å². The molecule has 1 atom stereocenters. The lowest BCUT2D eigenvalue weighted by atomic mass is 10.3. The SMILES string of the molecule is CCNc1nc(C)c([N+](=O)[O-])c(N2CCC(OC)C2)n1. The molecule has 0 bridgehead atoms. The fourth-order valence-corrected chi connectivity index (χ4v) is 2.34. The molecule has 1 aromatic heterocycles. The van der Waals surface area contributed by atoms with Crippen LogP contribution in [0.5, 0.6) is 0 Å². The molecule has 1 saturated heterocycles. The van der Waals surface area contributed by atoms with Crippen LogP contribution in [-0.4, -0.2) is 47.7 Å². The van der Waals surface area contributed by atoms with Crippen molar-refractivity contribution in [1.82, 2.24) is 9.97 Å². The number of aryl methyl sites for hydroxylation is 1. The van der Waals surface area contributed by atoms with Crippen LogP contribution in [0.1, 0.15) is 19.0 Å². The lowest BCUT2D eigenvalue weighted by Gasteiger charge is -2.18. The highest BCUT2D eigenvalue weighted by molar-refractivity contribution is 5.63. The van der Waals surface area contributed by atoms with Crippen LogP contribution in [0, 0.1) is 17.0 Å². The predicted molar refractivity (Wildman–Crippen MR) is 75.2 cm³/mol. The van der Waals surface area contributed by atoms with Crippen LogP contribution in [0.4, 0.5) is 17.5 Å². The second kappa shape index (κ2) is 6.00. The fourth-order valence-electron chi connectivity index (χ4n) is 2.34. The van der Waals surface area contributed by atoms with Crippen molar-refractivity contribution in [3.8, 4) is 0 Å². The quantitative estimate of drug-likeness (QED) is 0.643. The number of hydrogen-bond donors (Lipinski definition) is 1. The van der Waals surface area contributed by atoms with Gasteiger partial charge in [0.2, 0.25) is 11.8 Å². The molecular formula is C12H19N5O3. The first-order valence-corrected chi connectivity index (χ1v) is 6.61. The van der Waals surface area contributed by atoms with E-state index < -0.39 is 4.92 Å². The van der Waals surface area contributed by atoms with Crippen LogP contribution in [0.2, 0.25) is 0 Å². The number of methoxy groups -OCH3 is 1. The van der Waals surface area contributed by atoms with Gasteiger partial charge in [0, 0.05) is 26.7 Å². The maximum absolute atomic E-state index is 11.3. The summed E-state index contributed by atoms with van der Waals surface area (Å²) in [6.07, 6.45) is 0.931. The van der Waals surface area contributed by atoms with Gasteiger partial charge in [-0.15, -0.1) is 0 Å². The number of nitrogens with zero attached hydrogens (tertiary/aromatic N) is 4. The van der Waals surface area contributed by atoms with E-state index in [1.807, 2.05) is 11.8 Å². The van der Waals surface area contributed by atoms with Gasteiger partial charge in [-0.2, -0.15) is 4.98 Å². The Morgan fingerprint density at radius 3 is 2.85 bits per heavy atom. The number of anilines is 2. The zero-order valence-electron chi connectivity index (χ0n) is 11.9. The lowest BCUT2D eigenvalue weighted by Crippen LogP contribution is -2.25. The van der Waals surface area contributed by atoms with E-state index in [9.17, 15) is 10.1 Å². The molecule has 1 aromatic rings. The first kappa shape index (κ1) is 14.4. The van der Waals surface area contributed by atoms with E-state index in [4.69, 9.17) is 4.74 Å². The van der Waals surface area contributed by atoms with Crippen molar-refractivity contribution < 1.29 is 9.66 Å². The summed E-state index contributed by atoms with van der Waals surface area (Å²) in [5, 5.41) is 14.3. The predicted octanol–water partition coefficient (Wildman–Crippen LogP) is 1.35. The maximum atomic E-state index is 11.3. The molecule has 1 aliphatic heterocycles. The van der Waals surface area contributed by atoms with E-state index >= 15 is 0 Å². The standard InChI is InChI=1S/C12H19N5O3/c1-4-13-12-14-8(2)10(17(18)19)11(15-12)16-6-5-9(7-16)20-3/h9H,4-7H2,1-3H3,(H,13,14,15). The largest absolute Gasteiger partial charge is 0.380 e. The Hall–Kier alpha value is -1.96. The number of hydrogen-bond acceptors (Lipinski definition) is 7. The van der Waals surface area contributed by atoms with Crippen LogP contribution in [0.25, 0.3) is 0 Å². The van der Waals surface area contributed by atoms with E-state index in [0.717, 1.165) is 6.42 Å². The minimum absolute atomic E-state index is 0.0246. The highest BCUT2D eigenvalue weighted by atomic mass is 16.6. The number of nitrogens with one attached hydrogen (secondary N) is 1. The van der Waals surface area contributed by atoms with Gasteiger partial charge < -0.3 is 15.0 Å². The zero-order chi connectivity index (χ0) is 14.7. The highest BCUT2D eigenvalue weighted by Crippen LogP contribution is 2.32. The molecule has 0 spiro atoms. The minimum atomic E-state index is -0.416. The maximum Gasteiger partial charge on any atom is 0.332 e. The van der Waals surface area contributed by atoms with Gasteiger partial charge in [0.15, 0.2) is 0 Å². The Kier molecular flexibility index (Phi) is 4.33. The van der Waals surface area contributed by atoms with Gasteiger partial charge in [0.05, 0.1) is 11.0 Å². The van der Waals surface area contributed by atoms with Crippen molar-refractivity contribution in [3.63, 3.8) is 0 Å².